The molecule has 0 atom stereocenters. The lowest BCUT2D eigenvalue weighted by Crippen LogP contribution is -3.00. The summed E-state index contributed by atoms with van der Waals surface area (Å²) in [6.07, 6.45) is 0. The van der Waals surface area contributed by atoms with Gasteiger partial charge in [0.15, 0.2) is 0 Å². The lowest BCUT2D eigenvalue weighted by molar-refractivity contribution is -0.902. The van der Waals surface area contributed by atoms with Crippen LogP contribution in [-0.4, -0.2) is 95.0 Å². The van der Waals surface area contributed by atoms with E-state index >= 15 is 0 Å². The van der Waals surface area contributed by atoms with E-state index in [0.29, 0.717) is 59.6 Å². The van der Waals surface area contributed by atoms with E-state index < -0.39 is 32.9 Å². The zero-order valence-electron chi connectivity index (χ0n) is 28.7. The van der Waals surface area contributed by atoms with Crippen molar-refractivity contribution in [1.29, 1.82) is 0 Å². The number of carbonyl (C=O) groups is 2. The largest absolute Gasteiger partial charge is 1.00 e. The van der Waals surface area contributed by atoms with Crippen molar-refractivity contribution in [2.45, 2.75) is 13.1 Å². The maximum absolute atomic E-state index is 14.0. The van der Waals surface area contributed by atoms with Crippen LogP contribution in [0.25, 0.3) is 0 Å². The molecule has 0 aromatic heterocycles. The predicted molar refractivity (Wildman–Crippen MR) is 188 cm³/mol. The van der Waals surface area contributed by atoms with E-state index in [-0.39, 0.29) is 46.0 Å². The number of hydrogen-bond donors (Lipinski definition) is 4. The first-order valence-corrected chi connectivity index (χ1v) is 16.0. The number of hydrogen-bond acceptors (Lipinski definition) is 10. The molecule has 51 heavy (non-hydrogen) atoms. The number of ketones is 2. The maximum Gasteiger partial charge on any atom is 0.269 e. The topological polar surface area (TPSA) is 185 Å². The highest BCUT2D eigenvalue weighted by Gasteiger charge is 2.38. The van der Waals surface area contributed by atoms with Crippen LogP contribution in [0, 0.1) is 20.2 Å². The molecule has 4 N–H and O–H groups in total. The second kappa shape index (κ2) is 15.1. The quantitative estimate of drug-likeness (QED) is 0.0574. The van der Waals surface area contributed by atoms with Gasteiger partial charge in [-0.25, -0.2) is 0 Å². The number of fused-ring (bicyclic) bond motifs is 2. The summed E-state index contributed by atoms with van der Waals surface area (Å²) >= 11 is 0. The standard InChI is InChI=1S/C36H38N6O8.ClH/c1-41(2,21-23-5-9-25(10-6-23)39(47)48)19-17-37-27-13-14-28(32-31(27)35(45)33-29(43)15-16-30(44)34(33)36(32)46)38-18-20-42(3,4)22-24-7-11-26(12-8-24)40(49)50;/h5-16H,17-22H2,1-4H3,(H2-2,37,38,43,44,45,46);1H/p+1. The second-order valence-electron chi connectivity index (χ2n) is 13.8. The number of quaternary nitrogens is 2. The van der Waals surface area contributed by atoms with Crippen LogP contribution in [0.2, 0.25) is 0 Å². The highest BCUT2D eigenvalue weighted by Crippen LogP contribution is 2.42. The Hall–Kier alpha value is -5.57. The summed E-state index contributed by atoms with van der Waals surface area (Å²) in [6.45, 7) is 3.20. The first kappa shape index (κ1) is 38.2. The van der Waals surface area contributed by atoms with Crippen molar-refractivity contribution in [1.82, 2.24) is 0 Å². The molecule has 4 aromatic rings. The fourth-order valence-electron chi connectivity index (χ4n) is 6.24. The molecule has 0 saturated carbocycles. The number of anilines is 2. The van der Waals surface area contributed by atoms with Crippen LogP contribution in [0.5, 0.6) is 11.5 Å². The lowest BCUT2D eigenvalue weighted by atomic mass is 9.81. The van der Waals surface area contributed by atoms with Crippen LogP contribution in [0.1, 0.15) is 43.0 Å². The maximum atomic E-state index is 14.0. The van der Waals surface area contributed by atoms with Crippen LogP contribution in [-0.2, 0) is 13.1 Å². The number of carbonyl (C=O) groups excluding carboxylic acids is 2. The zero-order valence-corrected chi connectivity index (χ0v) is 29.4. The summed E-state index contributed by atoms with van der Waals surface area (Å²) < 4.78 is 1.04. The van der Waals surface area contributed by atoms with Gasteiger partial charge in [-0.05, 0) is 48.5 Å². The number of non-ortho nitro benzene ring substituents is 2. The SMILES string of the molecule is C[N+](C)(CCNc1ccc(NCC[N+](C)(C)Cc2ccc([N+](=O)[O-])cc2)c2c1C(=O)c1c(O)ccc(O)c1C2=O)Cc1ccc([N+](=O)[O-])cc1.[Cl-]. The van der Waals surface area contributed by atoms with Crippen molar-refractivity contribution >= 4 is 34.3 Å². The number of aromatic hydroxyl groups is 2. The number of likely N-dealkylation sites (N-methyl/N-ethyl adjacent to an activating group) is 2. The van der Waals surface area contributed by atoms with Crippen molar-refractivity contribution in [3.05, 3.63) is 126 Å². The van der Waals surface area contributed by atoms with Gasteiger partial charge in [0, 0.05) is 46.8 Å². The van der Waals surface area contributed by atoms with Gasteiger partial charge in [-0.1, -0.05) is 0 Å². The van der Waals surface area contributed by atoms with Crippen LogP contribution in [0.15, 0.2) is 72.8 Å². The van der Waals surface area contributed by atoms with Gasteiger partial charge in [-0.15, -0.1) is 0 Å². The van der Waals surface area contributed by atoms with Gasteiger partial charge in [0.05, 0.1) is 86.5 Å². The van der Waals surface area contributed by atoms with Crippen molar-refractivity contribution in [2.24, 2.45) is 0 Å². The van der Waals surface area contributed by atoms with Crippen LogP contribution >= 0.6 is 0 Å². The number of nitro groups is 2. The molecule has 1 aliphatic carbocycles. The summed E-state index contributed by atoms with van der Waals surface area (Å²) in [6, 6.07) is 18.6. The van der Waals surface area contributed by atoms with E-state index in [1.807, 2.05) is 28.2 Å². The van der Waals surface area contributed by atoms with Gasteiger partial charge >= 0.3 is 0 Å². The predicted octanol–water partition coefficient (Wildman–Crippen LogP) is 2.07. The van der Waals surface area contributed by atoms with Crippen LogP contribution in [0.4, 0.5) is 22.7 Å². The fourth-order valence-corrected chi connectivity index (χ4v) is 6.24. The molecule has 0 aliphatic heterocycles. The van der Waals surface area contributed by atoms with E-state index in [1.54, 1.807) is 36.4 Å². The Morgan fingerprint density at radius 1 is 0.569 bits per heavy atom. The zero-order chi connectivity index (χ0) is 36.4. The Balaban J connectivity index is 0.00000583. The third-order valence-corrected chi connectivity index (χ3v) is 8.86. The molecule has 4 aromatic carbocycles. The molecular formula is C36H40ClN6O8+. The summed E-state index contributed by atoms with van der Waals surface area (Å²) in [5.41, 5.74) is 2.38. The smallest absolute Gasteiger partial charge is 0.269 e. The normalized spacial score (nSPS) is 12.4. The molecular weight excluding hydrogens is 680 g/mol. The summed E-state index contributed by atoms with van der Waals surface area (Å²) in [5.74, 6) is -2.00. The number of halogens is 1. The van der Waals surface area contributed by atoms with Gasteiger partial charge in [0.1, 0.15) is 24.6 Å². The van der Waals surface area contributed by atoms with Gasteiger partial charge in [-0.2, -0.15) is 0 Å². The van der Waals surface area contributed by atoms with E-state index in [2.05, 4.69) is 10.6 Å². The minimum absolute atomic E-state index is 0. The number of nitro benzene ring substituents is 2. The van der Waals surface area contributed by atoms with E-state index in [4.69, 9.17) is 0 Å². The number of nitrogens with one attached hydrogen (secondary N) is 2. The van der Waals surface area contributed by atoms with E-state index in [9.17, 15) is 40.0 Å². The van der Waals surface area contributed by atoms with Crippen molar-refractivity contribution < 1.29 is 51.0 Å². The minimum atomic E-state index is -0.594. The molecule has 0 saturated heterocycles. The van der Waals surface area contributed by atoms with E-state index in [0.717, 1.165) is 11.1 Å². The highest BCUT2D eigenvalue weighted by molar-refractivity contribution is 6.33. The minimum Gasteiger partial charge on any atom is -1.00 e. The Morgan fingerprint density at radius 2 is 0.902 bits per heavy atom. The first-order valence-electron chi connectivity index (χ1n) is 16.0. The van der Waals surface area contributed by atoms with Crippen LogP contribution < -0.4 is 23.0 Å². The lowest BCUT2D eigenvalue weighted by Gasteiger charge is -2.31. The average Bonchev–Trinajstić information content (AvgIpc) is 3.05. The van der Waals surface area contributed by atoms with Gasteiger partial charge in [0.25, 0.3) is 11.4 Å². The Bertz CT molecular complexity index is 1840. The van der Waals surface area contributed by atoms with Gasteiger partial charge in [-0.3, -0.25) is 29.8 Å². The monoisotopic (exact) mass is 719 g/mol. The molecule has 0 spiro atoms. The number of phenols is 2. The number of benzene rings is 4. The fraction of sp³-hybridized carbons (Fsp3) is 0.278. The molecule has 0 radical (unpaired) electrons. The molecule has 0 unspecified atom stereocenters. The van der Waals surface area contributed by atoms with Crippen LogP contribution in [0.3, 0.4) is 0 Å². The molecule has 15 heteroatoms. The molecule has 14 nitrogen and oxygen atoms in total. The van der Waals surface area contributed by atoms with Gasteiger partial charge in [0.2, 0.25) is 11.6 Å². The summed E-state index contributed by atoms with van der Waals surface area (Å²) in [7, 11) is 8.05. The van der Waals surface area contributed by atoms with Crippen molar-refractivity contribution in [2.75, 3.05) is 65.0 Å². The Morgan fingerprint density at radius 3 is 1.22 bits per heavy atom. The average molecular weight is 720 g/mol. The number of rotatable bonds is 14. The molecule has 0 heterocycles. The molecule has 268 valence electrons. The summed E-state index contributed by atoms with van der Waals surface area (Å²) in [5, 5.41) is 49.9. The van der Waals surface area contributed by atoms with Crippen molar-refractivity contribution in [3.63, 3.8) is 0 Å². The molecule has 5 rings (SSSR count). The van der Waals surface area contributed by atoms with Crippen molar-refractivity contribution in [3.8, 4) is 11.5 Å². The highest BCUT2D eigenvalue weighted by atomic mass is 35.5. The Kier molecular flexibility index (Phi) is 11.3. The molecule has 1 aliphatic rings. The second-order valence-corrected chi connectivity index (χ2v) is 13.8. The Labute approximate surface area is 300 Å². The third-order valence-electron chi connectivity index (χ3n) is 8.86. The molecule has 0 bridgehead atoms. The van der Waals surface area contributed by atoms with E-state index in [1.165, 1.54) is 36.4 Å². The first-order chi connectivity index (χ1) is 23.6. The number of phenolic OH excluding ortho intramolecular Hbond substituents is 2. The third kappa shape index (κ3) is 8.60. The molecule has 0 amide bonds. The summed E-state index contributed by atoms with van der Waals surface area (Å²) in [4.78, 5) is 49.1. The number of nitrogens with zero attached hydrogens (tertiary/aromatic N) is 4. The molecule has 0 fully saturated rings. The van der Waals surface area contributed by atoms with Gasteiger partial charge < -0.3 is 42.2 Å².